The zero-order chi connectivity index (χ0) is 19.8. The molecule has 0 unspecified atom stereocenters. The highest BCUT2D eigenvalue weighted by Gasteiger charge is 2.27. The molecule has 2 aromatic heterocycles. The van der Waals surface area contributed by atoms with Crippen LogP contribution >= 0.6 is 11.3 Å². The summed E-state index contributed by atoms with van der Waals surface area (Å²) in [6.07, 6.45) is 7.24. The van der Waals surface area contributed by atoms with Crippen LogP contribution in [0.3, 0.4) is 0 Å². The number of hydrogen-bond donors (Lipinski definition) is 0. The van der Waals surface area contributed by atoms with Gasteiger partial charge in [0.15, 0.2) is 0 Å². The van der Waals surface area contributed by atoms with E-state index in [-0.39, 0.29) is 23.7 Å². The summed E-state index contributed by atoms with van der Waals surface area (Å²) >= 11 is 1.30. The maximum absolute atomic E-state index is 13.3. The summed E-state index contributed by atoms with van der Waals surface area (Å²) in [5.41, 5.74) is 0.711. The van der Waals surface area contributed by atoms with Gasteiger partial charge in [-0.1, -0.05) is 6.42 Å². The van der Waals surface area contributed by atoms with Gasteiger partial charge < -0.3 is 9.64 Å². The molecule has 0 radical (unpaired) electrons. The Morgan fingerprint density at radius 3 is 2.46 bits per heavy atom. The molecule has 2 aliphatic rings. The number of piperidine rings is 1. The van der Waals surface area contributed by atoms with Gasteiger partial charge in [-0.3, -0.25) is 9.36 Å². The van der Waals surface area contributed by atoms with E-state index in [0.717, 1.165) is 63.0 Å². The van der Waals surface area contributed by atoms with Crippen molar-refractivity contribution in [3.05, 3.63) is 26.6 Å². The number of esters is 1. The normalized spacial score (nSPS) is 20.0. The van der Waals surface area contributed by atoms with Gasteiger partial charge in [0, 0.05) is 6.04 Å². The molecule has 1 aliphatic heterocycles. The van der Waals surface area contributed by atoms with Crippen LogP contribution < -0.4 is 5.56 Å². The second kappa shape index (κ2) is 7.95. The number of carbonyl (C=O) groups is 1. The Balaban J connectivity index is 1.67. The molecular weight excluding hydrogens is 374 g/mol. The first kappa shape index (κ1) is 19.6. The first-order chi connectivity index (χ1) is 13.5. The number of nitrogens with zero attached hydrogens (tertiary/aromatic N) is 3. The molecule has 0 N–H and O–H groups in total. The molecule has 152 valence electrons. The van der Waals surface area contributed by atoms with E-state index in [4.69, 9.17) is 9.72 Å². The smallest absolute Gasteiger partial charge is 0.348 e. The first-order valence-electron chi connectivity index (χ1n) is 10.4. The third-order valence-electron chi connectivity index (χ3n) is 6.24. The van der Waals surface area contributed by atoms with Crippen molar-refractivity contribution < 1.29 is 9.53 Å². The summed E-state index contributed by atoms with van der Waals surface area (Å²) in [7, 11) is 2.11. The van der Waals surface area contributed by atoms with Crippen LogP contribution in [0.1, 0.15) is 72.0 Å². The van der Waals surface area contributed by atoms with E-state index in [2.05, 4.69) is 11.9 Å². The fraction of sp³-hybridized carbons (Fsp3) is 0.667. The molecule has 7 heteroatoms. The molecule has 0 amide bonds. The van der Waals surface area contributed by atoms with Gasteiger partial charge in [0.1, 0.15) is 21.6 Å². The number of rotatable bonds is 3. The number of aromatic nitrogens is 2. The average Bonchev–Trinajstić information content (AvgIpc) is 3.00. The maximum atomic E-state index is 13.3. The zero-order valence-electron chi connectivity index (χ0n) is 17.0. The first-order valence-corrected chi connectivity index (χ1v) is 11.2. The second-order valence-electron chi connectivity index (χ2n) is 8.27. The highest BCUT2D eigenvalue weighted by atomic mass is 32.1. The van der Waals surface area contributed by atoms with Crippen molar-refractivity contribution in [3.63, 3.8) is 0 Å². The topological polar surface area (TPSA) is 64.4 Å². The van der Waals surface area contributed by atoms with Crippen LogP contribution in [0.4, 0.5) is 0 Å². The molecule has 0 bridgehead atoms. The van der Waals surface area contributed by atoms with Crippen molar-refractivity contribution in [1.29, 1.82) is 0 Å². The molecule has 0 atom stereocenters. The molecule has 2 fully saturated rings. The van der Waals surface area contributed by atoms with Crippen molar-refractivity contribution in [3.8, 4) is 0 Å². The lowest BCUT2D eigenvalue weighted by atomic mass is 9.98. The van der Waals surface area contributed by atoms with Crippen LogP contribution in [0.15, 0.2) is 4.79 Å². The fourth-order valence-corrected chi connectivity index (χ4v) is 5.66. The van der Waals surface area contributed by atoms with Crippen LogP contribution in [-0.2, 0) is 4.74 Å². The molecule has 28 heavy (non-hydrogen) atoms. The Morgan fingerprint density at radius 1 is 1.11 bits per heavy atom. The Morgan fingerprint density at radius 2 is 1.79 bits per heavy atom. The van der Waals surface area contributed by atoms with Crippen molar-refractivity contribution >= 4 is 27.5 Å². The largest absolute Gasteiger partial charge is 0.458 e. The molecule has 1 saturated carbocycles. The van der Waals surface area contributed by atoms with Crippen LogP contribution in [0.25, 0.3) is 10.2 Å². The Labute approximate surface area is 169 Å². The van der Waals surface area contributed by atoms with E-state index in [1.54, 1.807) is 0 Å². The predicted molar refractivity (Wildman–Crippen MR) is 111 cm³/mol. The van der Waals surface area contributed by atoms with Gasteiger partial charge in [0.25, 0.3) is 5.56 Å². The number of thiophene rings is 1. The van der Waals surface area contributed by atoms with Gasteiger partial charge in [-0.15, -0.1) is 11.3 Å². The van der Waals surface area contributed by atoms with Crippen LogP contribution in [-0.4, -0.2) is 46.7 Å². The molecule has 2 aromatic rings. The summed E-state index contributed by atoms with van der Waals surface area (Å²) in [6.45, 7) is 5.72. The highest BCUT2D eigenvalue weighted by molar-refractivity contribution is 7.20. The van der Waals surface area contributed by atoms with Crippen LogP contribution in [0.2, 0.25) is 0 Å². The number of carbonyl (C=O) groups excluding carboxylic acids is 1. The number of ether oxygens (including phenoxy) is 1. The SMILES string of the molecule is Cc1c(C(=O)OC2CCCCC2)sc2nc(C)n(C3CCN(C)CC3)c(=O)c12. The van der Waals surface area contributed by atoms with E-state index in [9.17, 15) is 9.59 Å². The third kappa shape index (κ3) is 3.62. The van der Waals surface area contributed by atoms with Crippen LogP contribution in [0.5, 0.6) is 0 Å². The van der Waals surface area contributed by atoms with Crippen LogP contribution in [0, 0.1) is 13.8 Å². The summed E-state index contributed by atoms with van der Waals surface area (Å²) in [4.78, 5) is 34.3. The van der Waals surface area contributed by atoms with Crippen molar-refractivity contribution in [2.24, 2.45) is 0 Å². The fourth-order valence-electron chi connectivity index (χ4n) is 4.56. The lowest BCUT2D eigenvalue weighted by Crippen LogP contribution is -2.36. The quantitative estimate of drug-likeness (QED) is 0.729. The molecule has 1 aliphatic carbocycles. The molecule has 4 rings (SSSR count). The Hall–Kier alpha value is -1.73. The third-order valence-corrected chi connectivity index (χ3v) is 7.40. The van der Waals surface area contributed by atoms with E-state index < -0.39 is 0 Å². The van der Waals surface area contributed by atoms with E-state index >= 15 is 0 Å². The number of fused-ring (bicyclic) bond motifs is 1. The van der Waals surface area contributed by atoms with E-state index in [1.165, 1.54) is 17.8 Å². The number of aryl methyl sites for hydroxylation is 2. The minimum absolute atomic E-state index is 0.0106. The molecule has 1 saturated heterocycles. The Bertz CT molecular complexity index is 934. The van der Waals surface area contributed by atoms with Gasteiger partial charge >= 0.3 is 5.97 Å². The summed E-state index contributed by atoms with van der Waals surface area (Å²) in [6, 6.07) is 0.178. The summed E-state index contributed by atoms with van der Waals surface area (Å²) < 4.78 is 7.60. The lowest BCUT2D eigenvalue weighted by molar-refractivity contribution is 0.0216. The Kier molecular flexibility index (Phi) is 5.56. The van der Waals surface area contributed by atoms with Gasteiger partial charge in [0.05, 0.1) is 5.39 Å². The van der Waals surface area contributed by atoms with Crippen molar-refractivity contribution in [2.75, 3.05) is 20.1 Å². The van der Waals surface area contributed by atoms with E-state index in [0.29, 0.717) is 15.1 Å². The van der Waals surface area contributed by atoms with Crippen molar-refractivity contribution in [2.45, 2.75) is 70.9 Å². The molecule has 6 nitrogen and oxygen atoms in total. The standard InChI is InChI=1S/C21H29N3O3S/c1-13-17-19(28-18(13)21(26)27-16-7-5-4-6-8-16)22-14(2)24(20(17)25)15-9-11-23(3)12-10-15/h15-16H,4-12H2,1-3H3. The average molecular weight is 404 g/mol. The molecule has 3 heterocycles. The second-order valence-corrected chi connectivity index (χ2v) is 9.27. The van der Waals surface area contributed by atoms with Gasteiger partial charge in [0.2, 0.25) is 0 Å². The number of likely N-dealkylation sites (tertiary alicyclic amines) is 1. The summed E-state index contributed by atoms with van der Waals surface area (Å²) in [5, 5.41) is 0.588. The van der Waals surface area contributed by atoms with Gasteiger partial charge in [-0.05, 0) is 78.1 Å². The monoisotopic (exact) mass is 403 g/mol. The predicted octanol–water partition coefficient (Wildman–Crippen LogP) is 3.83. The van der Waals surface area contributed by atoms with Crippen molar-refractivity contribution in [1.82, 2.24) is 14.5 Å². The number of hydrogen-bond acceptors (Lipinski definition) is 6. The van der Waals surface area contributed by atoms with Gasteiger partial charge in [-0.2, -0.15) is 0 Å². The lowest BCUT2D eigenvalue weighted by Gasteiger charge is -2.30. The van der Waals surface area contributed by atoms with Gasteiger partial charge in [-0.25, -0.2) is 9.78 Å². The molecule has 0 aromatic carbocycles. The maximum Gasteiger partial charge on any atom is 0.348 e. The zero-order valence-corrected chi connectivity index (χ0v) is 17.8. The molecule has 0 spiro atoms. The minimum atomic E-state index is -0.296. The summed E-state index contributed by atoms with van der Waals surface area (Å²) in [5.74, 6) is 0.441. The minimum Gasteiger partial charge on any atom is -0.458 e. The van der Waals surface area contributed by atoms with E-state index in [1.807, 2.05) is 18.4 Å². The highest BCUT2D eigenvalue weighted by Crippen LogP contribution is 2.31. The molecular formula is C21H29N3O3S.